The Kier molecular flexibility index (Phi) is 1.56. The molecule has 0 aliphatic rings. The summed E-state index contributed by atoms with van der Waals surface area (Å²) < 4.78 is 4.37. The summed E-state index contributed by atoms with van der Waals surface area (Å²) in [6, 6.07) is 12.6. The first-order valence-corrected chi connectivity index (χ1v) is 6.75. The minimum atomic E-state index is 0.272. The number of H-pyrrole nitrogens is 1. The predicted molar refractivity (Wildman–Crippen MR) is 65.8 cm³/mol. The molecule has 0 fully saturated rings. The molecule has 76 valence electrons. The van der Waals surface area contributed by atoms with E-state index in [4.69, 9.17) is 0 Å². The Morgan fingerprint density at radius 1 is 0.938 bits per heavy atom. The van der Waals surface area contributed by atoms with Crippen molar-refractivity contribution in [3.63, 3.8) is 0 Å². The molecule has 0 saturated heterocycles. The van der Waals surface area contributed by atoms with Crippen molar-refractivity contribution >= 4 is 46.3 Å². The Bertz CT molecular complexity index is 813. The van der Waals surface area contributed by atoms with Gasteiger partial charge in [-0.05, 0) is 0 Å². The van der Waals surface area contributed by atoms with Gasteiger partial charge in [0.05, 0.1) is 0 Å². The van der Waals surface area contributed by atoms with E-state index in [1.165, 1.54) is 15.0 Å². The van der Waals surface area contributed by atoms with Crippen molar-refractivity contribution in [2.24, 2.45) is 0 Å². The fourth-order valence-corrected chi connectivity index (χ4v) is 3.40. The summed E-state index contributed by atoms with van der Waals surface area (Å²) in [7, 11) is 0. The van der Waals surface area contributed by atoms with Gasteiger partial charge in [-0.2, -0.15) is 0 Å². The van der Waals surface area contributed by atoms with Gasteiger partial charge in [0, 0.05) is 0 Å². The van der Waals surface area contributed by atoms with Crippen LogP contribution in [-0.4, -0.2) is 28.9 Å². The van der Waals surface area contributed by atoms with Gasteiger partial charge in [0.1, 0.15) is 0 Å². The SMILES string of the molecule is c1ccc2c(c1)nc1c2ccc2[se][nH]nc21. The molecule has 0 unspecified atom stereocenters. The van der Waals surface area contributed by atoms with Crippen LogP contribution in [0.3, 0.4) is 0 Å². The van der Waals surface area contributed by atoms with Gasteiger partial charge in [0.25, 0.3) is 0 Å². The van der Waals surface area contributed by atoms with E-state index in [2.05, 4.69) is 44.5 Å². The summed E-state index contributed by atoms with van der Waals surface area (Å²) >= 11 is 0.272. The van der Waals surface area contributed by atoms with Crippen molar-refractivity contribution < 1.29 is 0 Å². The zero-order valence-corrected chi connectivity index (χ0v) is 9.98. The number of nitrogens with zero attached hydrogens (tertiary/aromatic N) is 2. The first kappa shape index (κ1) is 8.50. The van der Waals surface area contributed by atoms with Gasteiger partial charge in [0.2, 0.25) is 0 Å². The van der Waals surface area contributed by atoms with Gasteiger partial charge in [-0.1, -0.05) is 0 Å². The summed E-state index contributed by atoms with van der Waals surface area (Å²) in [4.78, 5) is 4.66. The molecule has 0 amide bonds. The third-order valence-electron chi connectivity index (χ3n) is 2.85. The standard InChI is InChI=1S/C12H7N3Se/c1-2-4-9-7(3-1)8-5-6-10-12(11(8)13-9)14-15-16-10/h1-6,15H. The molecular formula is C12H7N3Se. The number of fused-ring (bicyclic) bond motifs is 5. The topological polar surface area (TPSA) is 41.6 Å². The molecule has 4 aromatic rings. The summed E-state index contributed by atoms with van der Waals surface area (Å²) in [5.74, 6) is 0. The molecule has 0 bridgehead atoms. The Morgan fingerprint density at radius 3 is 2.88 bits per heavy atom. The molecule has 1 N–H and O–H groups in total. The van der Waals surface area contributed by atoms with Crippen LogP contribution < -0.4 is 0 Å². The van der Waals surface area contributed by atoms with Crippen LogP contribution in [0.25, 0.3) is 31.6 Å². The number of hydrogen-bond acceptors (Lipinski definition) is 2. The first-order chi connectivity index (χ1) is 7.93. The zero-order valence-electron chi connectivity index (χ0n) is 8.27. The van der Waals surface area contributed by atoms with Crippen molar-refractivity contribution in [3.05, 3.63) is 36.4 Å². The summed E-state index contributed by atoms with van der Waals surface area (Å²) in [6.07, 6.45) is 0. The number of nitrogens with one attached hydrogen (secondary N) is 1. The van der Waals surface area contributed by atoms with Crippen LogP contribution in [0.1, 0.15) is 0 Å². The summed E-state index contributed by atoms with van der Waals surface area (Å²) in [6.45, 7) is 0. The van der Waals surface area contributed by atoms with E-state index in [0.717, 1.165) is 16.6 Å². The van der Waals surface area contributed by atoms with E-state index in [0.29, 0.717) is 0 Å². The van der Waals surface area contributed by atoms with Gasteiger partial charge in [-0.25, -0.2) is 0 Å². The first-order valence-electron chi connectivity index (χ1n) is 5.04. The number of aromatic nitrogens is 3. The second-order valence-corrected chi connectivity index (χ2v) is 5.48. The second kappa shape index (κ2) is 2.94. The van der Waals surface area contributed by atoms with Crippen LogP contribution >= 0.6 is 0 Å². The molecule has 0 saturated carbocycles. The average Bonchev–Trinajstić information content (AvgIpc) is 2.92. The van der Waals surface area contributed by atoms with Gasteiger partial charge in [0.15, 0.2) is 0 Å². The van der Waals surface area contributed by atoms with Crippen LogP contribution in [0, 0.1) is 0 Å². The van der Waals surface area contributed by atoms with Crippen molar-refractivity contribution in [1.82, 2.24) is 14.2 Å². The number of benzene rings is 2. The van der Waals surface area contributed by atoms with E-state index in [1.54, 1.807) is 0 Å². The molecule has 16 heavy (non-hydrogen) atoms. The fraction of sp³-hybridized carbons (Fsp3) is 0. The number of rotatable bonds is 0. The second-order valence-electron chi connectivity index (χ2n) is 3.74. The van der Waals surface area contributed by atoms with Crippen molar-refractivity contribution in [2.45, 2.75) is 0 Å². The van der Waals surface area contributed by atoms with Crippen LogP contribution in [-0.2, 0) is 0 Å². The van der Waals surface area contributed by atoms with Gasteiger partial charge in [-0.15, -0.1) is 0 Å². The zero-order chi connectivity index (χ0) is 10.5. The molecule has 2 aromatic carbocycles. The Hall–Kier alpha value is -1.64. The third kappa shape index (κ3) is 0.979. The summed E-state index contributed by atoms with van der Waals surface area (Å²) in [5.41, 5.74) is 3.12. The molecule has 0 atom stereocenters. The molecule has 4 heteroatoms. The van der Waals surface area contributed by atoms with E-state index in [9.17, 15) is 0 Å². The predicted octanol–water partition coefficient (Wildman–Crippen LogP) is 2.32. The normalized spacial score (nSPS) is 11.8. The molecule has 2 heterocycles. The number of para-hydroxylation sites is 1. The molecule has 0 aliphatic heterocycles. The molecular weight excluding hydrogens is 265 g/mol. The minimum absolute atomic E-state index is 0.272. The molecule has 2 aromatic heterocycles. The number of hydrogen-bond donors (Lipinski definition) is 1. The Balaban J connectivity index is 2.38. The summed E-state index contributed by atoms with van der Waals surface area (Å²) in [5, 5.41) is 6.76. The molecule has 0 aliphatic carbocycles. The van der Waals surface area contributed by atoms with Gasteiger partial charge >= 0.3 is 96.9 Å². The van der Waals surface area contributed by atoms with Gasteiger partial charge in [-0.3, -0.25) is 0 Å². The third-order valence-corrected chi connectivity index (χ3v) is 4.39. The maximum absolute atomic E-state index is 4.66. The Morgan fingerprint density at radius 2 is 1.88 bits per heavy atom. The molecule has 0 radical (unpaired) electrons. The average molecular weight is 272 g/mol. The van der Waals surface area contributed by atoms with Crippen LogP contribution in [0.2, 0.25) is 0 Å². The van der Waals surface area contributed by atoms with Crippen LogP contribution in [0.5, 0.6) is 0 Å². The van der Waals surface area contributed by atoms with E-state index in [1.807, 2.05) is 6.07 Å². The number of aromatic amines is 1. The fourth-order valence-electron chi connectivity index (χ4n) is 2.12. The van der Waals surface area contributed by atoms with Crippen LogP contribution in [0.15, 0.2) is 36.4 Å². The Labute approximate surface area is 97.1 Å². The molecule has 3 nitrogen and oxygen atoms in total. The maximum atomic E-state index is 4.66. The van der Waals surface area contributed by atoms with Gasteiger partial charge < -0.3 is 0 Å². The van der Waals surface area contributed by atoms with E-state index < -0.39 is 0 Å². The van der Waals surface area contributed by atoms with Crippen molar-refractivity contribution in [1.29, 1.82) is 0 Å². The van der Waals surface area contributed by atoms with Crippen LogP contribution in [0.4, 0.5) is 0 Å². The van der Waals surface area contributed by atoms with E-state index >= 15 is 0 Å². The van der Waals surface area contributed by atoms with Crippen molar-refractivity contribution in [3.8, 4) is 0 Å². The van der Waals surface area contributed by atoms with Crippen molar-refractivity contribution in [2.75, 3.05) is 0 Å². The molecule has 4 rings (SSSR count). The monoisotopic (exact) mass is 273 g/mol. The quantitative estimate of drug-likeness (QED) is 0.499. The van der Waals surface area contributed by atoms with E-state index in [-0.39, 0.29) is 14.7 Å². The molecule has 0 spiro atoms.